The van der Waals surface area contributed by atoms with Crippen LogP contribution in [-0.2, 0) is 27.2 Å². The van der Waals surface area contributed by atoms with Crippen molar-refractivity contribution in [2.24, 2.45) is 0 Å². The number of ether oxygens (including phenoxy) is 2. The molecule has 1 N–H and O–H groups in total. The van der Waals surface area contributed by atoms with E-state index in [-0.39, 0.29) is 12.5 Å². The third kappa shape index (κ3) is 6.00. The minimum absolute atomic E-state index is 0.287. The molecule has 2 rings (SSSR count). The molecule has 0 aliphatic heterocycles. The molecule has 0 unspecified atom stereocenters. The summed E-state index contributed by atoms with van der Waals surface area (Å²) in [5.41, 5.74) is 2.90. The van der Waals surface area contributed by atoms with Crippen molar-refractivity contribution in [3.8, 4) is 5.75 Å². The second kappa shape index (κ2) is 9.97. The first-order valence-corrected chi connectivity index (χ1v) is 9.31. The molecule has 1 amide bonds. The van der Waals surface area contributed by atoms with Gasteiger partial charge in [0.05, 0.1) is 0 Å². The average molecular weight is 390 g/mol. The summed E-state index contributed by atoms with van der Waals surface area (Å²) in [6.07, 6.45) is 0.667. The molecule has 2 aromatic carbocycles. The number of aryl methyl sites for hydroxylation is 2. The lowest BCUT2D eigenvalue weighted by molar-refractivity contribution is -0.155. The zero-order valence-electron chi connectivity index (χ0n) is 15.8. The second-order valence-corrected chi connectivity index (χ2v) is 6.46. The summed E-state index contributed by atoms with van der Waals surface area (Å²) >= 11 is 5.80. The van der Waals surface area contributed by atoms with Crippen molar-refractivity contribution < 1.29 is 19.1 Å². The Labute approximate surface area is 164 Å². The molecule has 0 aliphatic carbocycles. The normalized spacial score (nSPS) is 11.6. The summed E-state index contributed by atoms with van der Waals surface area (Å²) in [7, 11) is 0. The number of para-hydroxylation sites is 1. The van der Waals surface area contributed by atoms with Gasteiger partial charge in [0.15, 0.2) is 12.7 Å². The monoisotopic (exact) mass is 389 g/mol. The van der Waals surface area contributed by atoms with Crippen LogP contribution < -0.4 is 10.1 Å². The van der Waals surface area contributed by atoms with Crippen LogP contribution in [-0.4, -0.2) is 24.6 Å². The second-order valence-electron chi connectivity index (χ2n) is 6.02. The van der Waals surface area contributed by atoms with Gasteiger partial charge >= 0.3 is 5.97 Å². The van der Waals surface area contributed by atoms with Crippen LogP contribution in [0.4, 0.5) is 5.69 Å². The van der Waals surface area contributed by atoms with E-state index in [1.165, 1.54) is 6.92 Å². The van der Waals surface area contributed by atoms with E-state index in [1.807, 2.05) is 32.0 Å². The Morgan fingerprint density at radius 1 is 1.04 bits per heavy atom. The molecule has 0 spiro atoms. The Morgan fingerprint density at radius 2 is 1.63 bits per heavy atom. The summed E-state index contributed by atoms with van der Waals surface area (Å²) in [5, 5.41) is 3.47. The van der Waals surface area contributed by atoms with Crippen LogP contribution >= 0.6 is 11.6 Å². The molecule has 2 aromatic rings. The Kier molecular flexibility index (Phi) is 7.67. The number of esters is 1. The van der Waals surface area contributed by atoms with Crippen molar-refractivity contribution in [2.45, 2.75) is 39.7 Å². The summed E-state index contributed by atoms with van der Waals surface area (Å²) in [6.45, 7) is 5.31. The first-order valence-electron chi connectivity index (χ1n) is 8.94. The fourth-order valence-corrected chi connectivity index (χ4v) is 2.71. The number of carbonyl (C=O) groups is 2. The molecule has 0 fully saturated rings. The van der Waals surface area contributed by atoms with Gasteiger partial charge in [-0.25, -0.2) is 4.79 Å². The van der Waals surface area contributed by atoms with Crippen molar-refractivity contribution in [3.05, 3.63) is 58.6 Å². The third-order valence-corrected chi connectivity index (χ3v) is 4.35. The summed E-state index contributed by atoms with van der Waals surface area (Å²) in [5.74, 6) is -0.490. The predicted octanol–water partition coefficient (Wildman–Crippen LogP) is 4.41. The number of rotatable bonds is 8. The van der Waals surface area contributed by atoms with E-state index in [0.717, 1.165) is 29.7 Å². The molecule has 27 heavy (non-hydrogen) atoms. The van der Waals surface area contributed by atoms with Crippen LogP contribution in [0.1, 0.15) is 31.9 Å². The molecule has 0 bridgehead atoms. The molecular formula is C21H24ClNO4. The molecule has 144 valence electrons. The third-order valence-electron chi connectivity index (χ3n) is 4.09. The fourth-order valence-electron chi connectivity index (χ4n) is 2.59. The Bertz CT molecular complexity index is 767. The molecule has 6 heteroatoms. The Hall–Kier alpha value is -2.53. The van der Waals surface area contributed by atoms with Crippen LogP contribution in [0, 0.1) is 0 Å². The number of halogens is 1. The van der Waals surface area contributed by atoms with Crippen molar-refractivity contribution in [1.29, 1.82) is 0 Å². The van der Waals surface area contributed by atoms with Gasteiger partial charge in [-0.3, -0.25) is 4.79 Å². The van der Waals surface area contributed by atoms with Gasteiger partial charge in [-0.2, -0.15) is 0 Å². The van der Waals surface area contributed by atoms with Gasteiger partial charge in [0, 0.05) is 10.7 Å². The molecule has 1 atom stereocenters. The van der Waals surface area contributed by atoms with Crippen LogP contribution in [0.15, 0.2) is 42.5 Å². The fraction of sp³-hybridized carbons (Fsp3) is 0.333. The number of benzene rings is 2. The quantitative estimate of drug-likeness (QED) is 0.679. The van der Waals surface area contributed by atoms with Crippen molar-refractivity contribution in [3.63, 3.8) is 0 Å². The molecule has 0 aliphatic rings. The van der Waals surface area contributed by atoms with E-state index in [1.54, 1.807) is 24.3 Å². The largest absolute Gasteiger partial charge is 0.482 e. The van der Waals surface area contributed by atoms with Gasteiger partial charge in [-0.1, -0.05) is 43.6 Å². The summed E-state index contributed by atoms with van der Waals surface area (Å²) in [4.78, 5) is 24.4. The van der Waals surface area contributed by atoms with Crippen LogP contribution in [0.25, 0.3) is 0 Å². The maximum atomic E-state index is 12.5. The highest BCUT2D eigenvalue weighted by Gasteiger charge is 2.20. The van der Waals surface area contributed by atoms with E-state index >= 15 is 0 Å². The molecular weight excluding hydrogens is 366 g/mol. The Morgan fingerprint density at radius 3 is 2.19 bits per heavy atom. The van der Waals surface area contributed by atoms with Crippen molar-refractivity contribution >= 4 is 29.2 Å². The molecule has 5 nitrogen and oxygen atoms in total. The number of hydrogen-bond acceptors (Lipinski definition) is 4. The lowest BCUT2D eigenvalue weighted by atomic mass is 10.0. The van der Waals surface area contributed by atoms with Gasteiger partial charge in [0.1, 0.15) is 5.75 Å². The van der Waals surface area contributed by atoms with Crippen molar-refractivity contribution in [1.82, 2.24) is 0 Å². The van der Waals surface area contributed by atoms with Crippen LogP contribution in [0.2, 0.25) is 5.02 Å². The number of nitrogens with one attached hydrogen (secondary N) is 1. The van der Waals surface area contributed by atoms with Crippen LogP contribution in [0.3, 0.4) is 0 Å². The van der Waals surface area contributed by atoms with Crippen molar-refractivity contribution in [2.75, 3.05) is 11.9 Å². The first-order chi connectivity index (χ1) is 12.9. The lowest BCUT2D eigenvalue weighted by Crippen LogP contribution is -2.32. The maximum Gasteiger partial charge on any atom is 0.344 e. The minimum atomic E-state index is -0.930. The van der Waals surface area contributed by atoms with Gasteiger partial charge in [-0.15, -0.1) is 0 Å². The highest BCUT2D eigenvalue weighted by Crippen LogP contribution is 2.23. The number of carbonyl (C=O) groups excluding carboxylic acids is 2. The van der Waals surface area contributed by atoms with E-state index in [4.69, 9.17) is 21.1 Å². The average Bonchev–Trinajstić information content (AvgIpc) is 2.67. The van der Waals surface area contributed by atoms with Crippen LogP contribution in [0.5, 0.6) is 5.75 Å². The van der Waals surface area contributed by atoms with Gasteiger partial charge in [0.25, 0.3) is 5.91 Å². The summed E-state index contributed by atoms with van der Waals surface area (Å²) < 4.78 is 10.5. The van der Waals surface area contributed by atoms with E-state index < -0.39 is 12.1 Å². The maximum absolute atomic E-state index is 12.5. The zero-order valence-corrected chi connectivity index (χ0v) is 16.5. The van der Waals surface area contributed by atoms with Gasteiger partial charge in [-0.05, 0) is 55.2 Å². The molecule has 0 saturated heterocycles. The smallest absolute Gasteiger partial charge is 0.344 e. The number of hydrogen-bond donors (Lipinski definition) is 1. The highest BCUT2D eigenvalue weighted by molar-refractivity contribution is 6.30. The first kappa shape index (κ1) is 20.8. The molecule has 0 heterocycles. The predicted molar refractivity (Wildman–Crippen MR) is 106 cm³/mol. The van der Waals surface area contributed by atoms with E-state index in [9.17, 15) is 9.59 Å². The Balaban J connectivity index is 1.91. The topological polar surface area (TPSA) is 64.6 Å². The molecule has 0 radical (unpaired) electrons. The number of amides is 1. The summed E-state index contributed by atoms with van der Waals surface area (Å²) in [6, 6.07) is 12.6. The minimum Gasteiger partial charge on any atom is -0.482 e. The zero-order chi connectivity index (χ0) is 19.8. The van der Waals surface area contributed by atoms with E-state index in [2.05, 4.69) is 5.32 Å². The highest BCUT2D eigenvalue weighted by atomic mass is 35.5. The van der Waals surface area contributed by atoms with E-state index in [0.29, 0.717) is 10.8 Å². The standard InChI is InChI=1S/C21H24ClNO4/c1-4-15-7-6-8-16(5-2)20(15)23-21(25)14(3)27-19(24)13-26-18-11-9-17(22)10-12-18/h6-12,14H,4-5,13H2,1-3H3,(H,23,25)/t14-/m1/s1. The molecule has 0 aromatic heterocycles. The number of anilines is 1. The van der Waals surface area contributed by atoms with Gasteiger partial charge < -0.3 is 14.8 Å². The molecule has 0 saturated carbocycles. The SMILES string of the molecule is CCc1cccc(CC)c1NC(=O)[C@@H](C)OC(=O)COc1ccc(Cl)cc1. The van der Waals surface area contributed by atoms with Gasteiger partial charge in [0.2, 0.25) is 0 Å². The lowest BCUT2D eigenvalue weighted by Gasteiger charge is -2.18.